The number of carbonyl (C=O) groups excluding carboxylic acids is 2. The van der Waals surface area contributed by atoms with Gasteiger partial charge < -0.3 is 10.2 Å². The van der Waals surface area contributed by atoms with E-state index in [0.717, 1.165) is 11.4 Å². The zero-order valence-corrected chi connectivity index (χ0v) is 16.2. The van der Waals surface area contributed by atoms with Crippen molar-refractivity contribution in [2.75, 3.05) is 25.9 Å². The first kappa shape index (κ1) is 20.3. The van der Waals surface area contributed by atoms with Gasteiger partial charge in [-0.05, 0) is 30.9 Å². The first-order chi connectivity index (χ1) is 12.6. The van der Waals surface area contributed by atoms with E-state index < -0.39 is 0 Å². The second kappa shape index (κ2) is 10.9. The summed E-state index contributed by atoms with van der Waals surface area (Å²) in [5, 5.41) is 11.7. The van der Waals surface area contributed by atoms with Gasteiger partial charge in [-0.1, -0.05) is 31.4 Å². The zero-order chi connectivity index (χ0) is 18.8. The van der Waals surface area contributed by atoms with Gasteiger partial charge in [0.2, 0.25) is 5.91 Å². The molecule has 1 saturated carbocycles. The van der Waals surface area contributed by atoms with Gasteiger partial charge in [0.15, 0.2) is 0 Å². The van der Waals surface area contributed by atoms with Crippen molar-refractivity contribution in [3.05, 3.63) is 29.8 Å². The number of nitrogens with one attached hydrogen (secondary N) is 1. The lowest BCUT2D eigenvalue weighted by Gasteiger charge is -2.21. The highest BCUT2D eigenvalue weighted by Gasteiger charge is 2.17. The minimum atomic E-state index is -0.119. The molecule has 0 saturated heterocycles. The number of nitrogens with zero attached hydrogens (tertiary/aromatic N) is 2. The Balaban J connectivity index is 1.86. The molecular weight excluding hydrogens is 346 g/mol. The van der Waals surface area contributed by atoms with Crippen LogP contribution in [0.4, 0.5) is 0 Å². The van der Waals surface area contributed by atoms with Crippen LogP contribution in [0.3, 0.4) is 0 Å². The lowest BCUT2D eigenvalue weighted by atomic mass is 9.89. The van der Waals surface area contributed by atoms with Gasteiger partial charge in [-0.25, -0.2) is 0 Å². The fourth-order valence-electron chi connectivity index (χ4n) is 3.14. The van der Waals surface area contributed by atoms with Crippen LogP contribution in [0.1, 0.15) is 48.9 Å². The van der Waals surface area contributed by atoms with Crippen LogP contribution < -0.4 is 5.32 Å². The second-order valence-corrected chi connectivity index (χ2v) is 7.74. The molecule has 6 heteroatoms. The fraction of sp³-hybridized carbons (Fsp3) is 0.550. The van der Waals surface area contributed by atoms with Crippen molar-refractivity contribution < 1.29 is 9.59 Å². The molecule has 1 fully saturated rings. The molecule has 26 heavy (non-hydrogen) atoms. The third-order valence-electron chi connectivity index (χ3n) is 4.69. The van der Waals surface area contributed by atoms with E-state index in [-0.39, 0.29) is 11.8 Å². The summed E-state index contributed by atoms with van der Waals surface area (Å²) in [4.78, 5) is 27.1. The summed E-state index contributed by atoms with van der Waals surface area (Å²) in [6, 6.07) is 9.37. The fourth-order valence-corrected chi connectivity index (χ4v) is 4.01. The SMILES string of the molecule is CN(CCC#N)C(=O)c1ccccc1SCC(=O)NCC1CCCCC1. The molecular formula is C20H27N3O2S. The van der Waals surface area contributed by atoms with E-state index in [1.54, 1.807) is 18.0 Å². The van der Waals surface area contributed by atoms with Crippen LogP contribution in [0.25, 0.3) is 0 Å². The van der Waals surface area contributed by atoms with E-state index in [9.17, 15) is 9.59 Å². The largest absolute Gasteiger partial charge is 0.355 e. The van der Waals surface area contributed by atoms with Crippen LogP contribution in [0.2, 0.25) is 0 Å². The first-order valence-electron chi connectivity index (χ1n) is 9.22. The second-order valence-electron chi connectivity index (χ2n) is 6.73. The normalized spacial score (nSPS) is 14.5. The van der Waals surface area contributed by atoms with Gasteiger partial charge in [0.1, 0.15) is 0 Å². The molecule has 0 spiro atoms. The van der Waals surface area contributed by atoms with Crippen LogP contribution in [-0.2, 0) is 4.79 Å². The molecule has 0 atom stereocenters. The van der Waals surface area contributed by atoms with Crippen LogP contribution in [-0.4, -0.2) is 42.6 Å². The van der Waals surface area contributed by atoms with Gasteiger partial charge >= 0.3 is 0 Å². The molecule has 2 rings (SSSR count). The van der Waals surface area contributed by atoms with E-state index in [0.29, 0.717) is 30.2 Å². The number of amides is 2. The van der Waals surface area contributed by atoms with Crippen molar-refractivity contribution in [1.29, 1.82) is 5.26 Å². The lowest BCUT2D eigenvalue weighted by molar-refractivity contribution is -0.118. The number of carbonyl (C=O) groups is 2. The minimum Gasteiger partial charge on any atom is -0.355 e. The van der Waals surface area contributed by atoms with Gasteiger partial charge in [-0.3, -0.25) is 9.59 Å². The van der Waals surface area contributed by atoms with Crippen molar-refractivity contribution in [2.24, 2.45) is 5.92 Å². The number of nitriles is 1. The van der Waals surface area contributed by atoms with Gasteiger partial charge in [0.05, 0.1) is 23.8 Å². The average Bonchev–Trinajstić information content (AvgIpc) is 2.69. The Labute approximate surface area is 160 Å². The summed E-state index contributed by atoms with van der Waals surface area (Å²) >= 11 is 1.39. The molecule has 1 N–H and O–H groups in total. The molecule has 1 aliphatic carbocycles. The monoisotopic (exact) mass is 373 g/mol. The van der Waals surface area contributed by atoms with Crippen LogP contribution in [0, 0.1) is 17.2 Å². The summed E-state index contributed by atoms with van der Waals surface area (Å²) in [6.45, 7) is 1.16. The van der Waals surface area contributed by atoms with Crippen molar-refractivity contribution >= 4 is 23.6 Å². The first-order valence-corrected chi connectivity index (χ1v) is 10.2. The molecule has 0 unspecified atom stereocenters. The van der Waals surface area contributed by atoms with Crippen LogP contribution in [0.5, 0.6) is 0 Å². The predicted molar refractivity (Wildman–Crippen MR) is 104 cm³/mol. The Bertz CT molecular complexity index is 651. The van der Waals surface area contributed by atoms with Gasteiger partial charge in [0.25, 0.3) is 5.91 Å². The van der Waals surface area contributed by atoms with Crippen LogP contribution >= 0.6 is 11.8 Å². The average molecular weight is 374 g/mol. The highest BCUT2D eigenvalue weighted by atomic mass is 32.2. The third kappa shape index (κ3) is 6.38. The molecule has 0 bridgehead atoms. The molecule has 2 amide bonds. The van der Waals surface area contributed by atoms with Gasteiger partial charge in [-0.2, -0.15) is 5.26 Å². The Morgan fingerprint density at radius 2 is 2.00 bits per heavy atom. The maximum Gasteiger partial charge on any atom is 0.254 e. The molecule has 0 radical (unpaired) electrons. The van der Waals surface area contributed by atoms with E-state index in [1.165, 1.54) is 43.9 Å². The Kier molecular flexibility index (Phi) is 8.49. The Hall–Kier alpha value is -2.00. The molecule has 5 nitrogen and oxygen atoms in total. The molecule has 0 aliphatic heterocycles. The third-order valence-corrected chi connectivity index (χ3v) is 5.77. The number of benzene rings is 1. The summed E-state index contributed by atoms with van der Waals surface area (Å²) < 4.78 is 0. The minimum absolute atomic E-state index is 0.0145. The molecule has 1 aliphatic rings. The van der Waals surface area contributed by atoms with Crippen LogP contribution in [0.15, 0.2) is 29.2 Å². The highest BCUT2D eigenvalue weighted by molar-refractivity contribution is 8.00. The van der Waals surface area contributed by atoms with Gasteiger partial charge in [-0.15, -0.1) is 11.8 Å². The maximum atomic E-state index is 12.6. The summed E-state index contributed by atoms with van der Waals surface area (Å²) in [5.74, 6) is 0.811. The highest BCUT2D eigenvalue weighted by Crippen LogP contribution is 2.25. The molecule has 140 valence electrons. The molecule has 0 aromatic heterocycles. The van der Waals surface area contributed by atoms with Gasteiger partial charge in [0, 0.05) is 25.0 Å². The van der Waals surface area contributed by atoms with E-state index in [2.05, 4.69) is 5.32 Å². The number of hydrogen-bond acceptors (Lipinski definition) is 4. The van der Waals surface area contributed by atoms with Crippen molar-refractivity contribution in [3.63, 3.8) is 0 Å². The van der Waals surface area contributed by atoms with Crippen molar-refractivity contribution in [1.82, 2.24) is 10.2 Å². The smallest absolute Gasteiger partial charge is 0.254 e. The quantitative estimate of drug-likeness (QED) is 0.708. The number of rotatable bonds is 8. The predicted octanol–water partition coefficient (Wildman–Crippen LogP) is 3.46. The molecule has 0 heterocycles. The van der Waals surface area contributed by atoms with E-state index in [1.807, 2.05) is 24.3 Å². The lowest BCUT2D eigenvalue weighted by Crippen LogP contribution is -2.31. The maximum absolute atomic E-state index is 12.6. The summed E-state index contributed by atoms with van der Waals surface area (Å²) in [6.07, 6.45) is 6.57. The number of thioether (sulfide) groups is 1. The Morgan fingerprint density at radius 1 is 1.27 bits per heavy atom. The topological polar surface area (TPSA) is 73.2 Å². The molecule has 1 aromatic carbocycles. The van der Waals surface area contributed by atoms with E-state index >= 15 is 0 Å². The molecule has 1 aromatic rings. The standard InChI is InChI=1S/C20H27N3O2S/c1-23(13-7-12-21)20(25)17-10-5-6-11-18(17)26-15-19(24)22-14-16-8-3-2-4-9-16/h5-6,10-11,16H,2-4,7-9,13-15H2,1H3,(H,22,24). The van der Waals surface area contributed by atoms with E-state index in [4.69, 9.17) is 5.26 Å². The van der Waals surface area contributed by atoms with Crippen molar-refractivity contribution in [3.8, 4) is 6.07 Å². The summed E-state index contributed by atoms with van der Waals surface area (Å²) in [5.41, 5.74) is 0.582. The summed E-state index contributed by atoms with van der Waals surface area (Å²) in [7, 11) is 1.69. The Morgan fingerprint density at radius 3 is 2.73 bits per heavy atom. The zero-order valence-electron chi connectivity index (χ0n) is 15.4. The number of hydrogen-bond donors (Lipinski definition) is 1. The van der Waals surface area contributed by atoms with Crippen molar-refractivity contribution in [2.45, 2.75) is 43.4 Å².